The summed E-state index contributed by atoms with van der Waals surface area (Å²) < 4.78 is 18.2. The number of aryl methyl sites for hydroxylation is 2. The number of H-pyrrole nitrogens is 1. The van der Waals surface area contributed by atoms with Crippen LogP contribution >= 0.6 is 0 Å². The Balaban J connectivity index is 0.00000148. The zero-order valence-corrected chi connectivity index (χ0v) is 23.4. The van der Waals surface area contributed by atoms with Gasteiger partial charge in [0.25, 0.3) is 0 Å². The molecule has 8 heteroatoms. The van der Waals surface area contributed by atoms with Crippen LogP contribution in [-0.4, -0.2) is 51.4 Å². The Bertz CT molecular complexity index is 1100. The summed E-state index contributed by atoms with van der Waals surface area (Å²) in [5.74, 6) is 0.858. The highest BCUT2D eigenvalue weighted by Gasteiger charge is 2.51. The molecule has 36 heavy (non-hydrogen) atoms. The quantitative estimate of drug-likeness (QED) is 0.551. The van der Waals surface area contributed by atoms with Crippen molar-refractivity contribution in [3.05, 3.63) is 35.3 Å². The fourth-order valence-corrected chi connectivity index (χ4v) is 5.02. The van der Waals surface area contributed by atoms with Crippen molar-refractivity contribution in [2.45, 2.75) is 111 Å². The molecule has 0 spiro atoms. The van der Waals surface area contributed by atoms with Gasteiger partial charge in [-0.25, -0.2) is 9.78 Å². The highest BCUT2D eigenvalue weighted by Crippen LogP contribution is 2.39. The lowest BCUT2D eigenvalue weighted by molar-refractivity contribution is 0.00578. The number of likely N-dealkylation sites (tertiary alicyclic amines) is 1. The fourth-order valence-electron chi connectivity index (χ4n) is 5.02. The summed E-state index contributed by atoms with van der Waals surface area (Å²) in [6.45, 7) is 18.7. The first-order valence-electron chi connectivity index (χ1n) is 13.4. The number of hydrogen-bond donors (Lipinski definition) is 1. The summed E-state index contributed by atoms with van der Waals surface area (Å²) in [7, 11) is -0.368. The van der Waals surface area contributed by atoms with Crippen molar-refractivity contribution in [1.29, 1.82) is 0 Å². The second-order valence-corrected chi connectivity index (χ2v) is 11.8. The number of nitrogens with zero attached hydrogens (tertiary/aromatic N) is 2. The predicted molar refractivity (Wildman–Crippen MR) is 143 cm³/mol. The molecule has 2 aliphatic heterocycles. The highest BCUT2D eigenvalue weighted by molar-refractivity contribution is 6.62. The minimum Gasteiger partial charge on any atom is -0.444 e. The minimum atomic E-state index is -0.513. The number of aromatic amines is 1. The summed E-state index contributed by atoms with van der Waals surface area (Å²) in [5, 5.41) is 0. The van der Waals surface area contributed by atoms with E-state index < -0.39 is 5.60 Å². The molecule has 1 aromatic carbocycles. The normalized spacial score (nSPS) is 22.0. The summed E-state index contributed by atoms with van der Waals surface area (Å²) in [4.78, 5) is 23.2. The van der Waals surface area contributed by atoms with Crippen molar-refractivity contribution in [2.75, 3.05) is 6.54 Å². The highest BCUT2D eigenvalue weighted by atomic mass is 16.7. The first-order valence-corrected chi connectivity index (χ1v) is 13.4. The number of fused-ring (bicyclic) bond motifs is 3. The Kier molecular flexibility index (Phi) is 7.08. The molecule has 1 unspecified atom stereocenters. The number of benzene rings is 1. The van der Waals surface area contributed by atoms with Gasteiger partial charge in [0.2, 0.25) is 0 Å². The van der Waals surface area contributed by atoms with E-state index in [9.17, 15) is 4.79 Å². The van der Waals surface area contributed by atoms with Gasteiger partial charge < -0.3 is 19.0 Å². The summed E-state index contributed by atoms with van der Waals surface area (Å²) >= 11 is 0. The largest absolute Gasteiger partial charge is 0.494 e. The smallest absolute Gasteiger partial charge is 0.444 e. The molecule has 5 rings (SSSR count). The third-order valence-corrected chi connectivity index (χ3v) is 7.55. The number of amides is 1. The van der Waals surface area contributed by atoms with Gasteiger partial charge in [0.15, 0.2) is 0 Å². The van der Waals surface area contributed by atoms with E-state index in [1.807, 2.05) is 39.5 Å². The van der Waals surface area contributed by atoms with Crippen LogP contribution in [0.5, 0.6) is 0 Å². The van der Waals surface area contributed by atoms with Gasteiger partial charge >= 0.3 is 13.2 Å². The molecule has 2 aromatic rings. The second-order valence-electron chi connectivity index (χ2n) is 11.8. The van der Waals surface area contributed by atoms with Crippen molar-refractivity contribution in [3.8, 4) is 11.3 Å². The molecule has 1 aliphatic carbocycles. The van der Waals surface area contributed by atoms with Gasteiger partial charge in [-0.2, -0.15) is 0 Å². The summed E-state index contributed by atoms with van der Waals surface area (Å²) in [6.07, 6.45) is 3.39. The van der Waals surface area contributed by atoms with E-state index in [1.54, 1.807) is 0 Å². The van der Waals surface area contributed by atoms with Gasteiger partial charge in [0, 0.05) is 17.8 Å². The molecule has 1 atom stereocenters. The van der Waals surface area contributed by atoms with Crippen LogP contribution in [-0.2, 0) is 26.9 Å². The number of carbonyl (C=O) groups is 1. The maximum absolute atomic E-state index is 12.8. The molecule has 0 radical (unpaired) electrons. The van der Waals surface area contributed by atoms with Crippen LogP contribution in [0.3, 0.4) is 0 Å². The molecule has 7 nitrogen and oxygen atoms in total. The van der Waals surface area contributed by atoms with Gasteiger partial charge in [-0.15, -0.1) is 0 Å². The van der Waals surface area contributed by atoms with Crippen LogP contribution in [0.1, 0.15) is 98.3 Å². The molecule has 2 saturated heterocycles. The Hall–Kier alpha value is -2.32. The van der Waals surface area contributed by atoms with Crippen molar-refractivity contribution < 1.29 is 18.8 Å². The van der Waals surface area contributed by atoms with E-state index in [2.05, 4.69) is 50.9 Å². The topological polar surface area (TPSA) is 76.7 Å². The number of nitrogens with one attached hydrogen (secondary N) is 1. The maximum atomic E-state index is 12.8. The van der Waals surface area contributed by atoms with Gasteiger partial charge in [0.1, 0.15) is 11.4 Å². The summed E-state index contributed by atoms with van der Waals surface area (Å²) in [5.41, 5.74) is 4.34. The zero-order chi connectivity index (χ0) is 26.5. The fraction of sp³-hybridized carbons (Fsp3) is 0.643. The average Bonchev–Trinajstić information content (AvgIpc) is 3.49. The number of aromatic nitrogens is 2. The first-order chi connectivity index (χ1) is 16.8. The van der Waals surface area contributed by atoms with E-state index in [4.69, 9.17) is 19.0 Å². The number of rotatable bonds is 2. The van der Waals surface area contributed by atoms with E-state index >= 15 is 0 Å². The molecular weight excluding hydrogens is 453 g/mol. The van der Waals surface area contributed by atoms with Gasteiger partial charge in [-0.1, -0.05) is 32.0 Å². The molecule has 1 amide bonds. The Labute approximate surface area is 216 Å². The van der Waals surface area contributed by atoms with Crippen molar-refractivity contribution in [1.82, 2.24) is 14.9 Å². The van der Waals surface area contributed by atoms with Gasteiger partial charge in [-0.05, 0) is 85.2 Å². The number of imidazole rings is 1. The summed E-state index contributed by atoms with van der Waals surface area (Å²) in [6, 6.07) is 6.36. The van der Waals surface area contributed by atoms with Crippen LogP contribution in [0.2, 0.25) is 0 Å². The minimum absolute atomic E-state index is 0.0760. The third kappa shape index (κ3) is 4.94. The molecule has 196 valence electrons. The Morgan fingerprint density at radius 1 is 1.14 bits per heavy atom. The van der Waals surface area contributed by atoms with Gasteiger partial charge in [-0.3, -0.25) is 4.90 Å². The van der Waals surface area contributed by atoms with E-state index in [1.165, 1.54) is 5.56 Å². The van der Waals surface area contributed by atoms with E-state index in [0.717, 1.165) is 53.9 Å². The van der Waals surface area contributed by atoms with Crippen LogP contribution in [0, 0.1) is 0 Å². The van der Waals surface area contributed by atoms with Crippen molar-refractivity contribution >= 4 is 18.7 Å². The van der Waals surface area contributed by atoms with E-state index in [0.29, 0.717) is 6.54 Å². The number of ether oxygens (including phenoxy) is 1. The molecule has 2 fully saturated rings. The SMILES string of the molecule is CC.CC(C)(C)OC(=O)N1CCCC1c1nc2c([nH]1)CCc1cc(B3OC(C)(C)C(C)(C)O3)ccc1-2. The van der Waals surface area contributed by atoms with Crippen LogP contribution in [0.4, 0.5) is 4.79 Å². The molecular formula is C28H42BN3O4. The first kappa shape index (κ1) is 26.7. The van der Waals surface area contributed by atoms with Crippen molar-refractivity contribution in [3.63, 3.8) is 0 Å². The third-order valence-electron chi connectivity index (χ3n) is 7.55. The lowest BCUT2D eigenvalue weighted by atomic mass is 9.76. The van der Waals surface area contributed by atoms with Crippen LogP contribution in [0.25, 0.3) is 11.3 Å². The lowest BCUT2D eigenvalue weighted by Crippen LogP contribution is -2.41. The number of hydrogen-bond acceptors (Lipinski definition) is 5. The number of carbonyl (C=O) groups excluding carboxylic acids is 1. The van der Waals surface area contributed by atoms with Crippen LogP contribution < -0.4 is 5.46 Å². The second kappa shape index (κ2) is 9.53. The molecule has 0 bridgehead atoms. The molecule has 1 N–H and O–H groups in total. The monoisotopic (exact) mass is 495 g/mol. The maximum Gasteiger partial charge on any atom is 0.494 e. The van der Waals surface area contributed by atoms with Crippen LogP contribution in [0.15, 0.2) is 18.2 Å². The Morgan fingerprint density at radius 2 is 1.81 bits per heavy atom. The molecule has 0 saturated carbocycles. The van der Waals surface area contributed by atoms with E-state index in [-0.39, 0.29) is 30.5 Å². The zero-order valence-electron chi connectivity index (χ0n) is 23.4. The molecule has 3 aliphatic rings. The molecule has 3 heterocycles. The van der Waals surface area contributed by atoms with Gasteiger partial charge in [0.05, 0.1) is 22.9 Å². The average molecular weight is 495 g/mol. The standard InChI is InChI=1S/C26H36BN3O4.C2H6/c1-24(2,3)32-23(31)30-14-8-9-20(30)22-28-19-13-10-16-15-17(11-12-18(16)21(19)29-22)27-33-25(4,5)26(6,7)34-27;1-2/h11-12,15,20H,8-10,13-14H2,1-7H3,(H,28,29);1-2H3. The molecule has 1 aromatic heterocycles. The lowest BCUT2D eigenvalue weighted by Gasteiger charge is -2.32. The predicted octanol–water partition coefficient (Wildman–Crippen LogP) is 5.57. The Morgan fingerprint density at radius 3 is 2.44 bits per heavy atom. The van der Waals surface area contributed by atoms with Crippen molar-refractivity contribution in [2.24, 2.45) is 0 Å².